The standard InChI is InChI=1S/C15H11ClIN5O/c16-11-7-5-10(6-8-11)15-19-21-22(20-15)9-14(23)18-13-4-2-1-3-12(13)17/h1-8H,9H2,(H,18,23). The molecule has 0 spiro atoms. The van der Waals surface area contributed by atoms with Crippen molar-refractivity contribution in [3.63, 3.8) is 0 Å². The maximum Gasteiger partial charge on any atom is 0.248 e. The first-order valence-corrected chi connectivity index (χ1v) is 8.15. The van der Waals surface area contributed by atoms with E-state index in [9.17, 15) is 4.79 Å². The van der Waals surface area contributed by atoms with Gasteiger partial charge in [-0.15, -0.1) is 10.2 Å². The molecule has 6 nitrogen and oxygen atoms in total. The third kappa shape index (κ3) is 4.05. The lowest BCUT2D eigenvalue weighted by molar-refractivity contribution is -0.117. The number of para-hydroxylation sites is 1. The fourth-order valence-corrected chi connectivity index (χ4v) is 2.55. The molecule has 0 fully saturated rings. The molecule has 0 saturated carbocycles. The van der Waals surface area contributed by atoms with Crippen LogP contribution in [0.4, 0.5) is 5.69 Å². The van der Waals surface area contributed by atoms with Crippen LogP contribution in [0, 0.1) is 3.57 Å². The molecule has 2 aromatic carbocycles. The van der Waals surface area contributed by atoms with Crippen molar-refractivity contribution >= 4 is 45.8 Å². The summed E-state index contributed by atoms with van der Waals surface area (Å²) < 4.78 is 0.965. The summed E-state index contributed by atoms with van der Waals surface area (Å²) in [7, 11) is 0. The van der Waals surface area contributed by atoms with Crippen LogP contribution in [0.15, 0.2) is 48.5 Å². The fraction of sp³-hybridized carbons (Fsp3) is 0.0667. The van der Waals surface area contributed by atoms with Crippen molar-refractivity contribution in [2.45, 2.75) is 6.54 Å². The van der Waals surface area contributed by atoms with Gasteiger partial charge in [-0.3, -0.25) is 4.79 Å². The predicted molar refractivity (Wildman–Crippen MR) is 96.1 cm³/mol. The minimum Gasteiger partial charge on any atom is -0.323 e. The van der Waals surface area contributed by atoms with Crippen LogP contribution < -0.4 is 5.32 Å². The predicted octanol–water partition coefficient (Wildman–Crippen LogP) is 3.24. The van der Waals surface area contributed by atoms with Crippen molar-refractivity contribution < 1.29 is 4.79 Å². The Morgan fingerprint density at radius 2 is 1.91 bits per heavy atom. The van der Waals surface area contributed by atoms with E-state index >= 15 is 0 Å². The van der Waals surface area contributed by atoms with E-state index in [0.717, 1.165) is 14.8 Å². The normalized spacial score (nSPS) is 10.5. The second-order valence-corrected chi connectivity index (χ2v) is 6.28. The lowest BCUT2D eigenvalue weighted by Gasteiger charge is -2.06. The summed E-state index contributed by atoms with van der Waals surface area (Å²) in [5.74, 6) is 0.234. The Morgan fingerprint density at radius 1 is 1.17 bits per heavy atom. The zero-order valence-electron chi connectivity index (χ0n) is 11.8. The molecule has 1 heterocycles. The first-order chi connectivity index (χ1) is 11.1. The summed E-state index contributed by atoms with van der Waals surface area (Å²) in [5, 5.41) is 15.5. The van der Waals surface area contributed by atoms with Crippen molar-refractivity contribution in [3.8, 4) is 11.4 Å². The average Bonchev–Trinajstić information content (AvgIpc) is 2.98. The van der Waals surface area contributed by atoms with Crippen molar-refractivity contribution in [1.82, 2.24) is 20.2 Å². The van der Waals surface area contributed by atoms with Gasteiger partial charge >= 0.3 is 0 Å². The minimum atomic E-state index is -0.214. The van der Waals surface area contributed by atoms with E-state index in [0.29, 0.717) is 10.8 Å². The van der Waals surface area contributed by atoms with Crippen LogP contribution in [0.25, 0.3) is 11.4 Å². The van der Waals surface area contributed by atoms with Crippen molar-refractivity contribution in [2.24, 2.45) is 0 Å². The number of anilines is 1. The van der Waals surface area contributed by atoms with Crippen LogP contribution in [-0.4, -0.2) is 26.1 Å². The summed E-state index contributed by atoms with van der Waals surface area (Å²) in [5.41, 5.74) is 1.55. The smallest absolute Gasteiger partial charge is 0.248 e. The number of carbonyl (C=O) groups is 1. The van der Waals surface area contributed by atoms with E-state index < -0.39 is 0 Å². The van der Waals surface area contributed by atoms with Crippen molar-refractivity contribution in [1.29, 1.82) is 0 Å². The summed E-state index contributed by atoms with van der Waals surface area (Å²) in [4.78, 5) is 13.3. The molecular formula is C15H11ClIN5O. The Morgan fingerprint density at radius 3 is 2.65 bits per heavy atom. The zero-order chi connectivity index (χ0) is 16.2. The van der Waals surface area contributed by atoms with E-state index in [4.69, 9.17) is 11.6 Å². The van der Waals surface area contributed by atoms with Gasteiger partial charge < -0.3 is 5.32 Å². The second kappa shape index (κ2) is 7.05. The Kier molecular flexibility index (Phi) is 4.87. The Labute approximate surface area is 151 Å². The molecule has 0 saturated heterocycles. The fourth-order valence-electron chi connectivity index (χ4n) is 1.91. The number of aromatic nitrogens is 4. The molecule has 0 aliphatic rings. The maximum atomic E-state index is 12.1. The number of nitrogens with zero attached hydrogens (tertiary/aromatic N) is 4. The number of rotatable bonds is 4. The van der Waals surface area contributed by atoms with Gasteiger partial charge in [0.1, 0.15) is 6.54 Å². The highest BCUT2D eigenvalue weighted by Gasteiger charge is 2.10. The number of amides is 1. The number of tetrazole rings is 1. The maximum absolute atomic E-state index is 12.1. The number of hydrogen-bond acceptors (Lipinski definition) is 4. The van der Waals surface area contributed by atoms with Crippen LogP contribution in [0.5, 0.6) is 0 Å². The molecule has 0 bridgehead atoms. The van der Waals surface area contributed by atoms with Gasteiger partial charge in [-0.25, -0.2) is 0 Å². The highest BCUT2D eigenvalue weighted by Crippen LogP contribution is 2.18. The Bertz CT molecular complexity index is 834. The third-order valence-corrected chi connectivity index (χ3v) is 4.18. The van der Waals surface area contributed by atoms with Crippen molar-refractivity contribution in [3.05, 3.63) is 57.1 Å². The molecule has 1 N–H and O–H groups in total. The summed E-state index contributed by atoms with van der Waals surface area (Å²) in [6, 6.07) is 14.6. The number of nitrogens with one attached hydrogen (secondary N) is 1. The van der Waals surface area contributed by atoms with Crippen LogP contribution in [-0.2, 0) is 11.3 Å². The lowest BCUT2D eigenvalue weighted by Crippen LogP contribution is -2.20. The van der Waals surface area contributed by atoms with E-state index in [-0.39, 0.29) is 12.5 Å². The van der Waals surface area contributed by atoms with E-state index in [2.05, 4.69) is 43.3 Å². The van der Waals surface area contributed by atoms with Gasteiger partial charge in [0.05, 0.1) is 5.69 Å². The molecule has 0 atom stereocenters. The van der Waals surface area contributed by atoms with E-state index in [1.807, 2.05) is 24.3 Å². The number of hydrogen-bond donors (Lipinski definition) is 1. The molecule has 116 valence electrons. The molecule has 23 heavy (non-hydrogen) atoms. The van der Waals surface area contributed by atoms with Crippen LogP contribution >= 0.6 is 34.2 Å². The molecule has 0 aliphatic heterocycles. The van der Waals surface area contributed by atoms with E-state index in [1.54, 1.807) is 24.3 Å². The molecule has 3 rings (SSSR count). The number of carbonyl (C=O) groups excluding carboxylic acids is 1. The van der Waals surface area contributed by atoms with Gasteiger partial charge in [0.2, 0.25) is 11.7 Å². The molecule has 3 aromatic rings. The summed E-state index contributed by atoms with van der Waals surface area (Å²) >= 11 is 8.01. The molecule has 8 heteroatoms. The van der Waals surface area contributed by atoms with Crippen molar-refractivity contribution in [2.75, 3.05) is 5.32 Å². The largest absolute Gasteiger partial charge is 0.323 e. The molecule has 0 unspecified atom stereocenters. The van der Waals surface area contributed by atoms with Crippen LogP contribution in [0.1, 0.15) is 0 Å². The van der Waals surface area contributed by atoms with Gasteiger partial charge in [-0.05, 0) is 64.2 Å². The molecule has 0 radical (unpaired) electrons. The number of halogens is 2. The zero-order valence-corrected chi connectivity index (χ0v) is 14.7. The Balaban J connectivity index is 1.68. The Hall–Kier alpha value is -2.00. The first-order valence-electron chi connectivity index (χ1n) is 6.70. The minimum absolute atomic E-state index is 0.00837. The summed E-state index contributed by atoms with van der Waals surface area (Å²) in [6.07, 6.45) is 0. The lowest BCUT2D eigenvalue weighted by atomic mass is 10.2. The second-order valence-electron chi connectivity index (χ2n) is 4.68. The topological polar surface area (TPSA) is 72.7 Å². The van der Waals surface area contributed by atoms with Gasteiger partial charge in [0, 0.05) is 14.2 Å². The highest BCUT2D eigenvalue weighted by atomic mass is 127. The summed E-state index contributed by atoms with van der Waals surface area (Å²) in [6.45, 7) is -0.00837. The molecule has 0 aliphatic carbocycles. The third-order valence-electron chi connectivity index (χ3n) is 2.99. The SMILES string of the molecule is O=C(Cn1nnc(-c2ccc(Cl)cc2)n1)Nc1ccccc1I. The van der Waals surface area contributed by atoms with E-state index in [1.165, 1.54) is 4.80 Å². The van der Waals surface area contributed by atoms with Crippen LogP contribution in [0.2, 0.25) is 5.02 Å². The molecular weight excluding hydrogens is 429 g/mol. The monoisotopic (exact) mass is 439 g/mol. The van der Waals surface area contributed by atoms with Gasteiger partial charge in [-0.2, -0.15) is 4.80 Å². The van der Waals surface area contributed by atoms with Gasteiger partial charge in [0.15, 0.2) is 0 Å². The molecule has 1 aromatic heterocycles. The number of benzene rings is 2. The highest BCUT2D eigenvalue weighted by molar-refractivity contribution is 14.1. The molecule has 1 amide bonds. The van der Waals surface area contributed by atoms with Crippen LogP contribution in [0.3, 0.4) is 0 Å². The first kappa shape index (κ1) is 15.9. The van der Waals surface area contributed by atoms with Gasteiger partial charge in [-0.1, -0.05) is 23.7 Å². The quantitative estimate of drug-likeness (QED) is 0.634. The average molecular weight is 440 g/mol. The van der Waals surface area contributed by atoms with Gasteiger partial charge in [0.25, 0.3) is 0 Å².